The third-order valence-corrected chi connectivity index (χ3v) is 6.07. The van der Waals surface area contributed by atoms with Crippen LogP contribution in [0.25, 0.3) is 16.6 Å². The standard InChI is InChI=1S/C26H29N3O3/c1-17(2)32-26(30)24-14-23-13-22(21-7-5-6-20(12-21)15-27)16-29(23)25(18(24)3)19(4)28-8-10-31-11-9-28/h5-7,12-14,16-17,19H,8-11H2,1-4H3. The molecule has 1 saturated heterocycles. The molecule has 0 bridgehead atoms. The molecule has 4 rings (SSSR count). The number of benzene rings is 1. The molecule has 32 heavy (non-hydrogen) atoms. The van der Waals surface area contributed by atoms with Crippen LogP contribution in [0.5, 0.6) is 0 Å². The fraction of sp³-hybridized carbons (Fsp3) is 0.385. The molecule has 166 valence electrons. The topological polar surface area (TPSA) is 67.0 Å². The summed E-state index contributed by atoms with van der Waals surface area (Å²) in [5.41, 5.74) is 6.12. The molecular weight excluding hydrogens is 402 g/mol. The van der Waals surface area contributed by atoms with Crippen molar-refractivity contribution in [2.45, 2.75) is 39.8 Å². The maximum atomic E-state index is 12.9. The van der Waals surface area contributed by atoms with E-state index in [1.807, 2.05) is 45.0 Å². The van der Waals surface area contributed by atoms with E-state index in [-0.39, 0.29) is 18.1 Å². The van der Waals surface area contributed by atoms with Crippen molar-refractivity contribution >= 4 is 11.5 Å². The van der Waals surface area contributed by atoms with E-state index >= 15 is 0 Å². The second-order valence-corrected chi connectivity index (χ2v) is 8.56. The molecule has 6 nitrogen and oxygen atoms in total. The number of nitriles is 1. The largest absolute Gasteiger partial charge is 0.459 e. The minimum Gasteiger partial charge on any atom is -0.459 e. The molecule has 0 radical (unpaired) electrons. The molecule has 6 heteroatoms. The van der Waals surface area contributed by atoms with E-state index in [4.69, 9.17) is 9.47 Å². The highest BCUT2D eigenvalue weighted by atomic mass is 16.5. The molecule has 1 atom stereocenters. The number of carbonyl (C=O) groups excluding carboxylic acids is 1. The summed E-state index contributed by atoms with van der Waals surface area (Å²) in [5, 5.41) is 9.29. The van der Waals surface area contributed by atoms with Crippen LogP contribution >= 0.6 is 0 Å². The van der Waals surface area contributed by atoms with Gasteiger partial charge in [-0.15, -0.1) is 0 Å². The van der Waals surface area contributed by atoms with Crippen molar-refractivity contribution in [3.05, 3.63) is 65.0 Å². The van der Waals surface area contributed by atoms with Crippen LogP contribution < -0.4 is 0 Å². The quantitative estimate of drug-likeness (QED) is 0.546. The number of hydrogen-bond donors (Lipinski definition) is 0. The average Bonchev–Trinajstić information content (AvgIpc) is 3.22. The first-order valence-electron chi connectivity index (χ1n) is 11.1. The molecule has 2 aromatic heterocycles. The van der Waals surface area contributed by atoms with Gasteiger partial charge in [0.1, 0.15) is 0 Å². The first kappa shape index (κ1) is 22.1. The van der Waals surface area contributed by atoms with Crippen molar-refractivity contribution in [2.75, 3.05) is 26.3 Å². The van der Waals surface area contributed by atoms with Crippen molar-refractivity contribution in [2.24, 2.45) is 0 Å². The van der Waals surface area contributed by atoms with E-state index in [0.29, 0.717) is 24.3 Å². The van der Waals surface area contributed by atoms with Crippen molar-refractivity contribution < 1.29 is 14.3 Å². The third kappa shape index (κ3) is 4.27. The Kier molecular flexibility index (Phi) is 6.31. The molecule has 1 fully saturated rings. The molecule has 3 aromatic rings. The van der Waals surface area contributed by atoms with Gasteiger partial charge in [0.25, 0.3) is 0 Å². The highest BCUT2D eigenvalue weighted by Gasteiger charge is 2.26. The van der Waals surface area contributed by atoms with Crippen LogP contribution in [0.4, 0.5) is 0 Å². The highest BCUT2D eigenvalue weighted by Crippen LogP contribution is 2.32. The second kappa shape index (κ2) is 9.15. The van der Waals surface area contributed by atoms with Crippen LogP contribution in [0, 0.1) is 18.3 Å². The number of carbonyl (C=O) groups is 1. The molecule has 1 aliphatic heterocycles. The molecule has 1 aliphatic rings. The predicted molar refractivity (Wildman–Crippen MR) is 124 cm³/mol. The Morgan fingerprint density at radius 2 is 1.88 bits per heavy atom. The van der Waals surface area contributed by atoms with Crippen LogP contribution in [0.3, 0.4) is 0 Å². The van der Waals surface area contributed by atoms with E-state index in [2.05, 4.69) is 34.6 Å². The van der Waals surface area contributed by atoms with E-state index in [1.54, 1.807) is 6.07 Å². The number of pyridine rings is 1. The first-order chi connectivity index (χ1) is 15.4. The van der Waals surface area contributed by atoms with Crippen molar-refractivity contribution in [3.8, 4) is 17.2 Å². The summed E-state index contributed by atoms with van der Waals surface area (Å²) < 4.78 is 13.3. The molecule has 0 spiro atoms. The minimum absolute atomic E-state index is 0.0962. The van der Waals surface area contributed by atoms with Crippen molar-refractivity contribution in [3.63, 3.8) is 0 Å². The Balaban J connectivity index is 1.88. The second-order valence-electron chi connectivity index (χ2n) is 8.56. The zero-order valence-corrected chi connectivity index (χ0v) is 19.1. The number of morpholine rings is 1. The lowest BCUT2D eigenvalue weighted by Crippen LogP contribution is -2.39. The lowest BCUT2D eigenvalue weighted by molar-refractivity contribution is 0.0186. The molecule has 1 aromatic carbocycles. The molecule has 0 aliphatic carbocycles. The normalized spacial score (nSPS) is 15.6. The highest BCUT2D eigenvalue weighted by molar-refractivity contribution is 5.93. The van der Waals surface area contributed by atoms with E-state index in [1.165, 1.54) is 0 Å². The smallest absolute Gasteiger partial charge is 0.338 e. The van der Waals surface area contributed by atoms with Gasteiger partial charge >= 0.3 is 5.97 Å². The minimum atomic E-state index is -0.301. The van der Waals surface area contributed by atoms with Gasteiger partial charge in [0, 0.05) is 42.1 Å². The third-order valence-electron chi connectivity index (χ3n) is 6.07. The summed E-state index contributed by atoms with van der Waals surface area (Å²) in [4.78, 5) is 15.3. The summed E-state index contributed by atoms with van der Waals surface area (Å²) in [5.74, 6) is -0.301. The van der Waals surface area contributed by atoms with Gasteiger partial charge in [0.2, 0.25) is 0 Å². The van der Waals surface area contributed by atoms with Gasteiger partial charge in [0.15, 0.2) is 0 Å². The molecule has 3 heterocycles. The van der Waals surface area contributed by atoms with E-state index in [0.717, 1.165) is 41.0 Å². The Labute approximate surface area is 189 Å². The van der Waals surface area contributed by atoms with Gasteiger partial charge < -0.3 is 13.9 Å². The zero-order valence-electron chi connectivity index (χ0n) is 19.1. The van der Waals surface area contributed by atoms with Crippen LogP contribution in [0.15, 0.2) is 42.6 Å². The van der Waals surface area contributed by atoms with Gasteiger partial charge in [-0.3, -0.25) is 4.90 Å². The number of fused-ring (bicyclic) bond motifs is 1. The van der Waals surface area contributed by atoms with Gasteiger partial charge in [-0.1, -0.05) is 12.1 Å². The Morgan fingerprint density at radius 3 is 2.56 bits per heavy atom. The summed E-state index contributed by atoms with van der Waals surface area (Å²) >= 11 is 0. The van der Waals surface area contributed by atoms with Gasteiger partial charge in [-0.25, -0.2) is 4.79 Å². The first-order valence-corrected chi connectivity index (χ1v) is 11.1. The maximum absolute atomic E-state index is 12.9. The van der Waals surface area contributed by atoms with Crippen molar-refractivity contribution in [1.82, 2.24) is 9.30 Å². The number of hydrogen-bond acceptors (Lipinski definition) is 5. The van der Waals surface area contributed by atoms with Crippen LogP contribution in [0.1, 0.15) is 54.0 Å². The lowest BCUT2D eigenvalue weighted by Gasteiger charge is -2.34. The Morgan fingerprint density at radius 1 is 1.12 bits per heavy atom. The summed E-state index contributed by atoms with van der Waals surface area (Å²) in [6, 6.07) is 13.9. The number of esters is 1. The zero-order chi connectivity index (χ0) is 22.8. The average molecular weight is 432 g/mol. The predicted octanol–water partition coefficient (Wildman–Crippen LogP) is 4.74. The number of nitrogens with zero attached hydrogens (tertiary/aromatic N) is 3. The van der Waals surface area contributed by atoms with Crippen LogP contribution in [0.2, 0.25) is 0 Å². The van der Waals surface area contributed by atoms with E-state index in [9.17, 15) is 10.1 Å². The van der Waals surface area contributed by atoms with Gasteiger partial charge in [-0.2, -0.15) is 5.26 Å². The summed E-state index contributed by atoms with van der Waals surface area (Å²) in [6.07, 6.45) is 1.91. The van der Waals surface area contributed by atoms with Crippen LogP contribution in [-0.2, 0) is 9.47 Å². The fourth-order valence-electron chi connectivity index (χ4n) is 4.44. The molecule has 0 N–H and O–H groups in total. The fourth-order valence-corrected chi connectivity index (χ4v) is 4.44. The Bertz CT molecular complexity index is 1180. The van der Waals surface area contributed by atoms with Gasteiger partial charge in [0.05, 0.1) is 36.5 Å². The van der Waals surface area contributed by atoms with Gasteiger partial charge in [-0.05, 0) is 63.1 Å². The number of ether oxygens (including phenoxy) is 2. The summed E-state index contributed by atoms with van der Waals surface area (Å²) in [7, 11) is 0. The molecule has 0 saturated carbocycles. The van der Waals surface area contributed by atoms with E-state index < -0.39 is 0 Å². The molecular formula is C26H29N3O3. The number of rotatable bonds is 5. The maximum Gasteiger partial charge on any atom is 0.338 e. The summed E-state index contributed by atoms with van der Waals surface area (Å²) in [6.45, 7) is 11.0. The Hall–Kier alpha value is -3.14. The van der Waals surface area contributed by atoms with Crippen molar-refractivity contribution in [1.29, 1.82) is 5.26 Å². The molecule has 0 amide bonds. The monoisotopic (exact) mass is 431 g/mol. The molecule has 1 unspecified atom stereocenters. The SMILES string of the molecule is Cc1c(C(=O)OC(C)C)cc2cc(-c3cccc(C#N)c3)cn2c1C(C)N1CCOCC1. The lowest BCUT2D eigenvalue weighted by atomic mass is 10.0. The van der Waals surface area contributed by atoms with Crippen LogP contribution in [-0.4, -0.2) is 47.7 Å². The number of aromatic nitrogens is 1.